The molecule has 1 amide bonds. The molecule has 1 aliphatic heterocycles. The fourth-order valence-corrected chi connectivity index (χ4v) is 3.94. The average Bonchev–Trinajstić information content (AvgIpc) is 3.12. The largest absolute Gasteiger partial charge is 0.478 e. The lowest BCUT2D eigenvalue weighted by molar-refractivity contribution is 0.0691. The first-order chi connectivity index (χ1) is 11.0. The van der Waals surface area contributed by atoms with Gasteiger partial charge in [0.25, 0.3) is 5.91 Å². The van der Waals surface area contributed by atoms with Gasteiger partial charge in [-0.2, -0.15) is 5.10 Å². The Labute approximate surface area is 138 Å². The summed E-state index contributed by atoms with van der Waals surface area (Å²) < 4.78 is 1.79. The monoisotopic (exact) mass is 333 g/mol. The van der Waals surface area contributed by atoms with E-state index in [2.05, 4.69) is 5.10 Å². The number of thiophene rings is 1. The van der Waals surface area contributed by atoms with E-state index in [-0.39, 0.29) is 17.5 Å². The third-order valence-electron chi connectivity index (χ3n) is 4.43. The number of carboxylic acid groups (broad SMARTS) is 1. The molecule has 2 aromatic heterocycles. The topological polar surface area (TPSA) is 75.4 Å². The van der Waals surface area contributed by atoms with Crippen LogP contribution in [0.5, 0.6) is 0 Å². The van der Waals surface area contributed by atoms with E-state index in [0.29, 0.717) is 18.8 Å². The summed E-state index contributed by atoms with van der Waals surface area (Å²) in [5.74, 6) is -0.853. The van der Waals surface area contributed by atoms with Crippen molar-refractivity contribution in [3.05, 3.63) is 39.3 Å². The lowest BCUT2D eigenvalue weighted by Crippen LogP contribution is -2.39. The van der Waals surface area contributed by atoms with E-state index < -0.39 is 5.97 Å². The first-order valence-electron chi connectivity index (χ1n) is 7.59. The SMILES string of the molecule is Cc1ccsc1C(=O)N1CCC(n2ncc(C(=O)O)c2C)CC1. The van der Waals surface area contributed by atoms with Gasteiger partial charge in [0.2, 0.25) is 0 Å². The van der Waals surface area contributed by atoms with Crippen LogP contribution >= 0.6 is 11.3 Å². The molecule has 7 heteroatoms. The molecule has 0 unspecified atom stereocenters. The molecular formula is C16H19N3O3S. The Balaban J connectivity index is 1.68. The normalized spacial score (nSPS) is 15.8. The second-order valence-electron chi connectivity index (χ2n) is 5.85. The highest BCUT2D eigenvalue weighted by atomic mass is 32.1. The third-order valence-corrected chi connectivity index (χ3v) is 5.43. The molecular weight excluding hydrogens is 314 g/mol. The molecule has 3 rings (SSSR count). The number of carbonyl (C=O) groups is 2. The van der Waals surface area contributed by atoms with E-state index in [0.717, 1.165) is 23.3 Å². The summed E-state index contributed by atoms with van der Waals surface area (Å²) in [7, 11) is 0. The lowest BCUT2D eigenvalue weighted by Gasteiger charge is -2.32. The molecule has 6 nitrogen and oxygen atoms in total. The molecule has 1 N–H and O–H groups in total. The van der Waals surface area contributed by atoms with Crippen LogP contribution in [0.1, 0.15) is 50.2 Å². The second kappa shape index (κ2) is 6.16. The fourth-order valence-electron chi connectivity index (χ4n) is 3.05. The van der Waals surface area contributed by atoms with Crippen LogP contribution in [0.4, 0.5) is 0 Å². The van der Waals surface area contributed by atoms with E-state index >= 15 is 0 Å². The molecule has 0 aliphatic carbocycles. The summed E-state index contributed by atoms with van der Waals surface area (Å²) in [6, 6.07) is 2.11. The number of amides is 1. The Hall–Kier alpha value is -2.15. The minimum absolute atomic E-state index is 0.0966. The van der Waals surface area contributed by atoms with Gasteiger partial charge in [-0.25, -0.2) is 4.79 Å². The summed E-state index contributed by atoms with van der Waals surface area (Å²) in [6.07, 6.45) is 2.99. The highest BCUT2D eigenvalue weighted by Crippen LogP contribution is 2.27. The molecule has 23 heavy (non-hydrogen) atoms. The standard InChI is InChI=1S/C16H19N3O3S/c1-10-5-8-23-14(10)15(20)18-6-3-12(4-7-18)19-11(2)13(9-17-19)16(21)22/h5,8-9,12H,3-4,6-7H2,1-2H3,(H,21,22). The van der Waals surface area contributed by atoms with Crippen LogP contribution in [-0.4, -0.2) is 44.8 Å². The minimum atomic E-state index is -0.950. The van der Waals surface area contributed by atoms with Gasteiger partial charge in [0.1, 0.15) is 5.56 Å². The highest BCUT2D eigenvalue weighted by molar-refractivity contribution is 7.12. The van der Waals surface area contributed by atoms with Gasteiger partial charge in [0.15, 0.2) is 0 Å². The Morgan fingerprint density at radius 2 is 2.00 bits per heavy atom. The molecule has 2 aromatic rings. The first kappa shape index (κ1) is 15.7. The second-order valence-corrected chi connectivity index (χ2v) is 6.77. The molecule has 0 radical (unpaired) electrons. The van der Waals surface area contributed by atoms with Crippen molar-refractivity contribution in [2.75, 3.05) is 13.1 Å². The van der Waals surface area contributed by atoms with Gasteiger partial charge < -0.3 is 10.0 Å². The molecule has 1 fully saturated rings. The minimum Gasteiger partial charge on any atom is -0.478 e. The zero-order valence-corrected chi connectivity index (χ0v) is 14.0. The van der Waals surface area contributed by atoms with Crippen molar-refractivity contribution < 1.29 is 14.7 Å². The van der Waals surface area contributed by atoms with Gasteiger partial charge in [0.05, 0.1) is 22.8 Å². The highest BCUT2D eigenvalue weighted by Gasteiger charge is 2.27. The Bertz CT molecular complexity index is 742. The maximum Gasteiger partial charge on any atom is 0.339 e. The molecule has 3 heterocycles. The molecule has 1 saturated heterocycles. The summed E-state index contributed by atoms with van der Waals surface area (Å²) in [5.41, 5.74) is 1.95. The maximum atomic E-state index is 12.5. The molecule has 1 aliphatic rings. The number of carbonyl (C=O) groups excluding carboxylic acids is 1. The van der Waals surface area contributed by atoms with Crippen LogP contribution in [0.3, 0.4) is 0 Å². The van der Waals surface area contributed by atoms with Crippen molar-refractivity contribution >= 4 is 23.2 Å². The predicted molar refractivity (Wildman–Crippen MR) is 87.2 cm³/mol. The number of hydrogen-bond donors (Lipinski definition) is 1. The summed E-state index contributed by atoms with van der Waals surface area (Å²) in [5, 5.41) is 15.3. The number of likely N-dealkylation sites (tertiary alicyclic amines) is 1. The van der Waals surface area contributed by atoms with Crippen LogP contribution in [0.15, 0.2) is 17.6 Å². The molecule has 0 saturated carbocycles. The summed E-state index contributed by atoms with van der Waals surface area (Å²) in [6.45, 7) is 5.07. The molecule has 0 aromatic carbocycles. The number of aromatic nitrogens is 2. The number of aryl methyl sites for hydroxylation is 1. The van der Waals surface area contributed by atoms with E-state index in [9.17, 15) is 9.59 Å². The maximum absolute atomic E-state index is 12.5. The average molecular weight is 333 g/mol. The van der Waals surface area contributed by atoms with Gasteiger partial charge in [-0.15, -0.1) is 11.3 Å². The van der Waals surface area contributed by atoms with E-state index in [1.165, 1.54) is 17.5 Å². The number of piperidine rings is 1. The number of aromatic carboxylic acids is 1. The van der Waals surface area contributed by atoms with Crippen molar-refractivity contribution in [1.29, 1.82) is 0 Å². The van der Waals surface area contributed by atoms with E-state index in [1.807, 2.05) is 23.3 Å². The lowest BCUT2D eigenvalue weighted by atomic mass is 10.0. The Morgan fingerprint density at radius 3 is 2.52 bits per heavy atom. The number of hydrogen-bond acceptors (Lipinski definition) is 4. The zero-order valence-electron chi connectivity index (χ0n) is 13.2. The molecule has 0 atom stereocenters. The number of rotatable bonds is 3. The van der Waals surface area contributed by atoms with E-state index in [1.54, 1.807) is 11.6 Å². The smallest absolute Gasteiger partial charge is 0.339 e. The number of carboxylic acids is 1. The summed E-state index contributed by atoms with van der Waals surface area (Å²) in [4.78, 5) is 26.3. The fraction of sp³-hybridized carbons (Fsp3) is 0.438. The van der Waals surface area contributed by atoms with Crippen LogP contribution < -0.4 is 0 Å². The van der Waals surface area contributed by atoms with Crippen LogP contribution in [0.25, 0.3) is 0 Å². The Morgan fingerprint density at radius 1 is 1.30 bits per heavy atom. The number of nitrogens with zero attached hydrogens (tertiary/aromatic N) is 3. The van der Waals surface area contributed by atoms with Crippen molar-refractivity contribution in [3.63, 3.8) is 0 Å². The van der Waals surface area contributed by atoms with Gasteiger partial charge in [-0.3, -0.25) is 9.48 Å². The van der Waals surface area contributed by atoms with Gasteiger partial charge >= 0.3 is 5.97 Å². The van der Waals surface area contributed by atoms with Gasteiger partial charge in [-0.1, -0.05) is 0 Å². The third kappa shape index (κ3) is 2.88. The van der Waals surface area contributed by atoms with Gasteiger partial charge in [0, 0.05) is 13.1 Å². The van der Waals surface area contributed by atoms with Crippen LogP contribution in [0.2, 0.25) is 0 Å². The predicted octanol–water partition coefficient (Wildman–Crippen LogP) is 2.74. The van der Waals surface area contributed by atoms with Crippen molar-refractivity contribution in [3.8, 4) is 0 Å². The van der Waals surface area contributed by atoms with Gasteiger partial charge in [-0.05, 0) is 43.7 Å². The summed E-state index contributed by atoms with van der Waals surface area (Å²) >= 11 is 1.48. The quantitative estimate of drug-likeness (QED) is 0.937. The van der Waals surface area contributed by atoms with Crippen molar-refractivity contribution in [1.82, 2.24) is 14.7 Å². The Kier molecular flexibility index (Phi) is 4.21. The van der Waals surface area contributed by atoms with Crippen molar-refractivity contribution in [2.45, 2.75) is 32.7 Å². The zero-order chi connectivity index (χ0) is 16.6. The van der Waals surface area contributed by atoms with Crippen LogP contribution in [-0.2, 0) is 0 Å². The van der Waals surface area contributed by atoms with E-state index in [4.69, 9.17) is 5.11 Å². The van der Waals surface area contributed by atoms with Crippen molar-refractivity contribution in [2.24, 2.45) is 0 Å². The van der Waals surface area contributed by atoms with Crippen LogP contribution in [0, 0.1) is 13.8 Å². The molecule has 122 valence electrons. The molecule has 0 spiro atoms. The molecule has 0 bridgehead atoms. The first-order valence-corrected chi connectivity index (χ1v) is 8.47.